The van der Waals surface area contributed by atoms with Gasteiger partial charge in [-0.3, -0.25) is 20.2 Å². The maximum absolute atomic E-state index is 13.1. The molecule has 0 spiro atoms. The quantitative estimate of drug-likeness (QED) is 0.468. The summed E-state index contributed by atoms with van der Waals surface area (Å²) in [5.41, 5.74) is 0.378. The molecule has 2 aromatic carbocycles. The largest absolute Gasteiger partial charge is 0.468 e. The minimum absolute atomic E-state index is 0.139. The van der Waals surface area contributed by atoms with E-state index in [1.807, 2.05) is 74.5 Å². The molecule has 0 bridgehead atoms. The molecule has 2 aromatic rings. The molecule has 4 atom stereocenters. The average molecular weight is 382 g/mol. The second-order valence-electron chi connectivity index (χ2n) is 7.76. The number of esters is 1. The fourth-order valence-electron chi connectivity index (χ4n) is 4.54. The highest BCUT2D eigenvalue weighted by molar-refractivity contribution is 5.83. The SMILES string of the molecule is COC(=O)[C@@]1(CC(C)C)N[C@@H](c2ccccc2)[C@H]([N+](=O)[O-])[C@H]1c1ccccc1. The maximum Gasteiger partial charge on any atom is 0.327 e. The third kappa shape index (κ3) is 3.52. The maximum atomic E-state index is 13.1. The summed E-state index contributed by atoms with van der Waals surface area (Å²) in [5.74, 6) is -0.969. The highest BCUT2D eigenvalue weighted by Gasteiger charge is 2.64. The number of nitro groups is 1. The molecule has 0 radical (unpaired) electrons. The Morgan fingerprint density at radius 1 is 1.11 bits per heavy atom. The summed E-state index contributed by atoms with van der Waals surface area (Å²) in [6.45, 7) is 4.01. The van der Waals surface area contributed by atoms with Crippen LogP contribution in [0.2, 0.25) is 0 Å². The smallest absolute Gasteiger partial charge is 0.327 e. The highest BCUT2D eigenvalue weighted by atomic mass is 16.6. The summed E-state index contributed by atoms with van der Waals surface area (Å²) >= 11 is 0. The zero-order valence-corrected chi connectivity index (χ0v) is 16.4. The number of nitrogens with one attached hydrogen (secondary N) is 1. The molecule has 1 heterocycles. The number of hydrogen-bond donors (Lipinski definition) is 1. The molecule has 0 amide bonds. The lowest BCUT2D eigenvalue weighted by Gasteiger charge is -2.34. The molecule has 0 saturated carbocycles. The molecular formula is C22H26N2O4. The van der Waals surface area contributed by atoms with Crippen molar-refractivity contribution in [1.29, 1.82) is 0 Å². The highest BCUT2D eigenvalue weighted by Crippen LogP contribution is 2.49. The molecule has 148 valence electrons. The molecule has 0 aliphatic carbocycles. The van der Waals surface area contributed by atoms with E-state index in [1.165, 1.54) is 7.11 Å². The predicted octanol–water partition coefficient (Wildman–Crippen LogP) is 3.72. The van der Waals surface area contributed by atoms with Crippen molar-refractivity contribution in [3.63, 3.8) is 0 Å². The third-order valence-electron chi connectivity index (χ3n) is 5.47. The first-order valence-electron chi connectivity index (χ1n) is 9.50. The van der Waals surface area contributed by atoms with E-state index < -0.39 is 29.5 Å². The second kappa shape index (κ2) is 8.10. The van der Waals surface area contributed by atoms with Crippen LogP contribution in [0.4, 0.5) is 0 Å². The fourth-order valence-corrected chi connectivity index (χ4v) is 4.54. The van der Waals surface area contributed by atoms with Crippen LogP contribution in [-0.4, -0.2) is 29.6 Å². The van der Waals surface area contributed by atoms with Crippen molar-refractivity contribution in [2.75, 3.05) is 7.11 Å². The normalized spacial score (nSPS) is 26.9. The van der Waals surface area contributed by atoms with E-state index in [9.17, 15) is 14.9 Å². The zero-order valence-electron chi connectivity index (χ0n) is 16.4. The van der Waals surface area contributed by atoms with Gasteiger partial charge in [0.15, 0.2) is 0 Å². The van der Waals surface area contributed by atoms with Gasteiger partial charge in [0.05, 0.1) is 13.0 Å². The number of ether oxygens (including phenoxy) is 1. The van der Waals surface area contributed by atoms with E-state index >= 15 is 0 Å². The predicted molar refractivity (Wildman–Crippen MR) is 106 cm³/mol. The standard InChI is InChI=1S/C22H26N2O4/c1-15(2)14-22(21(25)28-3)18(16-10-6-4-7-11-16)20(24(26)27)19(23-22)17-12-8-5-9-13-17/h4-13,15,18-20,23H,14H2,1-3H3/t18-,19+,20-,22+/m1/s1. The van der Waals surface area contributed by atoms with Gasteiger partial charge in [0, 0.05) is 4.92 Å². The van der Waals surface area contributed by atoms with Gasteiger partial charge < -0.3 is 4.74 Å². The first-order valence-corrected chi connectivity index (χ1v) is 9.50. The molecule has 1 aliphatic rings. The van der Waals surface area contributed by atoms with Gasteiger partial charge in [0.2, 0.25) is 6.04 Å². The van der Waals surface area contributed by atoms with E-state index in [2.05, 4.69) is 5.32 Å². The molecule has 1 N–H and O–H groups in total. The van der Waals surface area contributed by atoms with Crippen LogP contribution in [0, 0.1) is 16.0 Å². The van der Waals surface area contributed by atoms with E-state index in [0.717, 1.165) is 11.1 Å². The molecule has 0 unspecified atom stereocenters. The van der Waals surface area contributed by atoms with Crippen molar-refractivity contribution < 1.29 is 14.5 Å². The Morgan fingerprint density at radius 3 is 2.11 bits per heavy atom. The molecule has 1 saturated heterocycles. The molecule has 1 fully saturated rings. The van der Waals surface area contributed by atoms with E-state index in [4.69, 9.17) is 4.74 Å². The Labute approximate surface area is 165 Å². The van der Waals surface area contributed by atoms with Gasteiger partial charge in [-0.25, -0.2) is 0 Å². The van der Waals surface area contributed by atoms with Crippen LogP contribution in [0.25, 0.3) is 0 Å². The van der Waals surface area contributed by atoms with Crippen LogP contribution < -0.4 is 5.32 Å². The summed E-state index contributed by atoms with van der Waals surface area (Å²) in [6, 6.07) is 17.0. The average Bonchev–Trinajstić information content (AvgIpc) is 3.04. The second-order valence-corrected chi connectivity index (χ2v) is 7.76. The molecule has 28 heavy (non-hydrogen) atoms. The lowest BCUT2D eigenvalue weighted by atomic mass is 9.73. The Hall–Kier alpha value is -2.73. The van der Waals surface area contributed by atoms with E-state index in [1.54, 1.807) is 0 Å². The summed E-state index contributed by atoms with van der Waals surface area (Å²) in [7, 11) is 1.34. The number of carbonyl (C=O) groups is 1. The molecule has 6 nitrogen and oxygen atoms in total. The number of hydrogen-bond acceptors (Lipinski definition) is 5. The first kappa shape index (κ1) is 20.0. The first-order chi connectivity index (χ1) is 13.4. The summed E-state index contributed by atoms with van der Waals surface area (Å²) in [4.78, 5) is 25.1. The number of methoxy groups -OCH3 is 1. The molecule has 0 aromatic heterocycles. The van der Waals surface area contributed by atoms with Crippen molar-refractivity contribution in [1.82, 2.24) is 5.32 Å². The number of carbonyl (C=O) groups excluding carboxylic acids is 1. The van der Waals surface area contributed by atoms with Crippen molar-refractivity contribution in [3.8, 4) is 0 Å². The third-order valence-corrected chi connectivity index (χ3v) is 5.47. The van der Waals surface area contributed by atoms with E-state index in [0.29, 0.717) is 6.42 Å². The lowest BCUT2D eigenvalue weighted by molar-refractivity contribution is -0.527. The van der Waals surface area contributed by atoms with Crippen LogP contribution in [-0.2, 0) is 9.53 Å². The van der Waals surface area contributed by atoms with Gasteiger partial charge in [-0.05, 0) is 23.5 Å². The van der Waals surface area contributed by atoms with Gasteiger partial charge >= 0.3 is 5.97 Å². The van der Waals surface area contributed by atoms with Crippen LogP contribution in [0.15, 0.2) is 60.7 Å². The Bertz CT molecular complexity index is 825. The summed E-state index contributed by atoms with van der Waals surface area (Å²) < 4.78 is 5.18. The topological polar surface area (TPSA) is 81.5 Å². The number of nitrogens with zero attached hydrogens (tertiary/aromatic N) is 1. The van der Waals surface area contributed by atoms with Crippen molar-refractivity contribution >= 4 is 5.97 Å². The Morgan fingerprint density at radius 2 is 1.64 bits per heavy atom. The fraction of sp³-hybridized carbons (Fsp3) is 0.409. The summed E-state index contributed by atoms with van der Waals surface area (Å²) in [6.07, 6.45) is 0.437. The van der Waals surface area contributed by atoms with Gasteiger partial charge in [0.25, 0.3) is 0 Å². The van der Waals surface area contributed by atoms with Gasteiger partial charge in [0.1, 0.15) is 11.6 Å². The molecule has 3 rings (SSSR count). The van der Waals surface area contributed by atoms with Crippen molar-refractivity contribution in [3.05, 3.63) is 81.9 Å². The van der Waals surface area contributed by atoms with Gasteiger partial charge in [-0.2, -0.15) is 0 Å². The van der Waals surface area contributed by atoms with Crippen LogP contribution in [0.5, 0.6) is 0 Å². The minimum Gasteiger partial charge on any atom is -0.468 e. The molecular weight excluding hydrogens is 356 g/mol. The van der Waals surface area contributed by atoms with Gasteiger partial charge in [-0.1, -0.05) is 74.5 Å². The number of rotatable bonds is 6. The van der Waals surface area contributed by atoms with Crippen LogP contribution in [0.1, 0.15) is 43.4 Å². The minimum atomic E-state index is -1.18. The van der Waals surface area contributed by atoms with Crippen LogP contribution in [0.3, 0.4) is 0 Å². The monoisotopic (exact) mass is 382 g/mol. The van der Waals surface area contributed by atoms with Crippen molar-refractivity contribution in [2.45, 2.75) is 43.8 Å². The zero-order chi connectivity index (χ0) is 20.3. The molecule has 1 aliphatic heterocycles. The van der Waals surface area contributed by atoms with Crippen molar-refractivity contribution in [2.24, 2.45) is 5.92 Å². The number of benzene rings is 2. The Balaban J connectivity index is 2.23. The summed E-state index contributed by atoms with van der Waals surface area (Å²) in [5, 5.41) is 15.6. The lowest BCUT2D eigenvalue weighted by Crippen LogP contribution is -2.53. The van der Waals surface area contributed by atoms with E-state index in [-0.39, 0.29) is 10.8 Å². The molecule has 6 heteroatoms. The Kier molecular flexibility index (Phi) is 5.79. The van der Waals surface area contributed by atoms with Gasteiger partial charge in [-0.15, -0.1) is 0 Å². The van der Waals surface area contributed by atoms with Crippen LogP contribution >= 0.6 is 0 Å².